The number of thiazole rings is 1. The average molecular weight is 489 g/mol. The smallest absolute Gasteiger partial charge is 0.246 e. The first kappa shape index (κ1) is 20.6. The fraction of sp³-hybridized carbons (Fsp3) is 0.500. The first-order chi connectivity index (χ1) is 12.1. The maximum absolute atomic E-state index is 12.6. The van der Waals surface area contributed by atoms with Gasteiger partial charge in [-0.15, -0.1) is 35.3 Å². The van der Waals surface area contributed by atoms with Crippen molar-refractivity contribution >= 4 is 52.9 Å². The Morgan fingerprint density at radius 1 is 1.42 bits per heavy atom. The summed E-state index contributed by atoms with van der Waals surface area (Å²) in [5.41, 5.74) is 1.85. The Balaban J connectivity index is 0.00000243. The number of aryl methyl sites for hydroxylation is 2. The summed E-state index contributed by atoms with van der Waals surface area (Å²) < 4.78 is 1.70. The normalized spacial score (nSPS) is 15.2. The van der Waals surface area contributed by atoms with Crippen LogP contribution in [0.3, 0.4) is 0 Å². The lowest BCUT2D eigenvalue weighted by atomic mass is 10.3. The number of anilines is 1. The number of nitrogens with one attached hydrogen (secondary N) is 1. The number of guanidine groups is 1. The van der Waals surface area contributed by atoms with E-state index in [0.717, 1.165) is 35.4 Å². The fourth-order valence-corrected chi connectivity index (χ4v) is 3.41. The van der Waals surface area contributed by atoms with E-state index in [2.05, 4.69) is 20.4 Å². The molecule has 26 heavy (non-hydrogen) atoms. The molecule has 10 heteroatoms. The van der Waals surface area contributed by atoms with E-state index in [1.54, 1.807) is 27.1 Å². The summed E-state index contributed by atoms with van der Waals surface area (Å²) in [6.45, 7) is 6.93. The standard InChI is InChI=1S/C16H23N7OS.HI/c1-4-17-16(18-8-14-20-12(2)11-25-14)22-5-6-23(15(24)10-22)13-7-19-21(3)9-13;/h7,9,11H,4-6,8,10H2,1-3H3,(H,17,18);1H. The van der Waals surface area contributed by atoms with Crippen molar-refractivity contribution in [2.75, 3.05) is 31.1 Å². The molecule has 0 bridgehead atoms. The zero-order valence-corrected chi connectivity index (χ0v) is 18.3. The molecule has 1 fully saturated rings. The van der Waals surface area contributed by atoms with Crippen molar-refractivity contribution in [2.45, 2.75) is 20.4 Å². The topological polar surface area (TPSA) is 78.7 Å². The van der Waals surface area contributed by atoms with Crippen molar-refractivity contribution in [3.8, 4) is 0 Å². The molecule has 8 nitrogen and oxygen atoms in total. The molecule has 1 N–H and O–H groups in total. The summed E-state index contributed by atoms with van der Waals surface area (Å²) in [7, 11) is 1.85. The van der Waals surface area contributed by atoms with Gasteiger partial charge in [0.25, 0.3) is 0 Å². The fourth-order valence-electron chi connectivity index (χ4n) is 2.72. The Hall–Kier alpha value is -1.69. The van der Waals surface area contributed by atoms with Crippen LogP contribution in [0.1, 0.15) is 17.6 Å². The average Bonchev–Trinajstić information content (AvgIpc) is 3.19. The van der Waals surface area contributed by atoms with Gasteiger partial charge in [0, 0.05) is 44.0 Å². The van der Waals surface area contributed by atoms with Crippen molar-refractivity contribution in [1.82, 2.24) is 25.0 Å². The van der Waals surface area contributed by atoms with E-state index in [9.17, 15) is 4.79 Å². The van der Waals surface area contributed by atoms with Gasteiger partial charge in [0.15, 0.2) is 5.96 Å². The molecule has 0 spiro atoms. The number of halogens is 1. The number of nitrogens with zero attached hydrogens (tertiary/aromatic N) is 6. The lowest BCUT2D eigenvalue weighted by molar-refractivity contribution is -0.120. The van der Waals surface area contributed by atoms with Gasteiger partial charge in [0.1, 0.15) is 11.6 Å². The summed E-state index contributed by atoms with van der Waals surface area (Å²) >= 11 is 1.61. The quantitative estimate of drug-likeness (QED) is 0.401. The second-order valence-corrected chi connectivity index (χ2v) is 6.83. The summed E-state index contributed by atoms with van der Waals surface area (Å²) in [6.07, 6.45) is 3.58. The summed E-state index contributed by atoms with van der Waals surface area (Å²) in [4.78, 5) is 25.4. The Bertz CT molecular complexity index is 772. The van der Waals surface area contributed by atoms with Gasteiger partial charge in [0.05, 0.1) is 18.4 Å². The Morgan fingerprint density at radius 2 is 2.23 bits per heavy atom. The van der Waals surface area contributed by atoms with Crippen molar-refractivity contribution < 1.29 is 4.79 Å². The highest BCUT2D eigenvalue weighted by Crippen LogP contribution is 2.16. The third kappa shape index (κ3) is 4.93. The van der Waals surface area contributed by atoms with Crippen molar-refractivity contribution in [1.29, 1.82) is 0 Å². The molecular formula is C16H24IN7OS. The van der Waals surface area contributed by atoms with Gasteiger partial charge in [-0.3, -0.25) is 9.48 Å². The van der Waals surface area contributed by atoms with E-state index in [4.69, 9.17) is 0 Å². The Kier molecular flexibility index (Phi) is 7.38. The SMILES string of the molecule is CCNC(=NCc1nc(C)cs1)N1CCN(c2cnn(C)c2)C(=O)C1.I. The van der Waals surface area contributed by atoms with E-state index in [1.165, 1.54) is 0 Å². The largest absolute Gasteiger partial charge is 0.356 e. The van der Waals surface area contributed by atoms with Crippen LogP contribution < -0.4 is 10.2 Å². The number of carbonyl (C=O) groups is 1. The third-order valence-corrected chi connectivity index (χ3v) is 4.84. The molecule has 1 aliphatic rings. The molecule has 142 valence electrons. The van der Waals surface area contributed by atoms with Crippen LogP contribution in [0, 0.1) is 6.92 Å². The predicted octanol–water partition coefficient (Wildman–Crippen LogP) is 1.62. The zero-order chi connectivity index (χ0) is 17.8. The molecule has 0 aliphatic carbocycles. The van der Waals surface area contributed by atoms with Crippen LogP contribution in [0.15, 0.2) is 22.8 Å². The van der Waals surface area contributed by atoms with Crippen LogP contribution in [0.4, 0.5) is 5.69 Å². The number of piperazine rings is 1. The van der Waals surface area contributed by atoms with Gasteiger partial charge < -0.3 is 15.1 Å². The highest BCUT2D eigenvalue weighted by molar-refractivity contribution is 14.0. The molecule has 1 saturated heterocycles. The second kappa shape index (κ2) is 9.31. The van der Waals surface area contributed by atoms with Crippen molar-refractivity contribution in [2.24, 2.45) is 12.0 Å². The third-order valence-electron chi connectivity index (χ3n) is 3.89. The first-order valence-electron chi connectivity index (χ1n) is 8.30. The summed E-state index contributed by atoms with van der Waals surface area (Å²) in [5.74, 6) is 0.810. The van der Waals surface area contributed by atoms with Gasteiger partial charge in [-0.1, -0.05) is 0 Å². The van der Waals surface area contributed by atoms with Crippen LogP contribution >= 0.6 is 35.3 Å². The van der Waals surface area contributed by atoms with E-state index in [1.807, 2.05) is 37.4 Å². The molecule has 0 aromatic carbocycles. The minimum Gasteiger partial charge on any atom is -0.356 e. The molecule has 1 aliphatic heterocycles. The maximum atomic E-state index is 12.6. The molecule has 0 atom stereocenters. The van der Waals surface area contributed by atoms with Crippen molar-refractivity contribution in [3.05, 3.63) is 28.5 Å². The zero-order valence-electron chi connectivity index (χ0n) is 15.2. The number of hydrogen-bond acceptors (Lipinski definition) is 5. The number of aromatic nitrogens is 3. The van der Waals surface area contributed by atoms with Crippen LogP contribution in [-0.4, -0.2) is 57.7 Å². The minimum absolute atomic E-state index is 0. The maximum Gasteiger partial charge on any atom is 0.246 e. The molecule has 3 heterocycles. The monoisotopic (exact) mass is 489 g/mol. The molecule has 1 amide bonds. The highest BCUT2D eigenvalue weighted by atomic mass is 127. The predicted molar refractivity (Wildman–Crippen MR) is 114 cm³/mol. The summed E-state index contributed by atoms with van der Waals surface area (Å²) in [5, 5.41) is 10.4. The van der Waals surface area contributed by atoms with Gasteiger partial charge in [-0.25, -0.2) is 9.98 Å². The van der Waals surface area contributed by atoms with Crippen LogP contribution in [0.2, 0.25) is 0 Å². The van der Waals surface area contributed by atoms with E-state index < -0.39 is 0 Å². The molecular weight excluding hydrogens is 465 g/mol. The Labute approximate surface area is 174 Å². The van der Waals surface area contributed by atoms with Gasteiger partial charge in [-0.2, -0.15) is 5.10 Å². The minimum atomic E-state index is 0. The lowest BCUT2D eigenvalue weighted by Gasteiger charge is -2.35. The Morgan fingerprint density at radius 3 is 2.81 bits per heavy atom. The first-order valence-corrected chi connectivity index (χ1v) is 9.18. The lowest BCUT2D eigenvalue weighted by Crippen LogP contribution is -2.55. The van der Waals surface area contributed by atoms with Gasteiger partial charge in [-0.05, 0) is 13.8 Å². The molecule has 0 saturated carbocycles. The molecule has 2 aromatic heterocycles. The number of aliphatic imine (C=N–C) groups is 1. The van der Waals surface area contributed by atoms with Crippen LogP contribution in [-0.2, 0) is 18.4 Å². The van der Waals surface area contributed by atoms with Crippen molar-refractivity contribution in [3.63, 3.8) is 0 Å². The summed E-state index contributed by atoms with van der Waals surface area (Å²) in [6, 6.07) is 0. The van der Waals surface area contributed by atoms with Gasteiger partial charge >= 0.3 is 0 Å². The van der Waals surface area contributed by atoms with E-state index in [0.29, 0.717) is 19.6 Å². The van der Waals surface area contributed by atoms with Gasteiger partial charge in [0.2, 0.25) is 5.91 Å². The highest BCUT2D eigenvalue weighted by Gasteiger charge is 2.27. The number of rotatable bonds is 4. The van der Waals surface area contributed by atoms with E-state index in [-0.39, 0.29) is 29.9 Å². The molecule has 3 rings (SSSR count). The van der Waals surface area contributed by atoms with Crippen LogP contribution in [0.25, 0.3) is 0 Å². The van der Waals surface area contributed by atoms with E-state index >= 15 is 0 Å². The second-order valence-electron chi connectivity index (χ2n) is 5.89. The molecule has 0 unspecified atom stereocenters. The molecule has 2 aromatic rings. The molecule has 0 radical (unpaired) electrons. The van der Waals surface area contributed by atoms with Crippen LogP contribution in [0.5, 0.6) is 0 Å². The number of carbonyl (C=O) groups excluding carboxylic acids is 1. The number of hydrogen-bond donors (Lipinski definition) is 1. The number of amides is 1.